The van der Waals surface area contributed by atoms with Gasteiger partial charge in [0.2, 0.25) is 0 Å². The van der Waals surface area contributed by atoms with Crippen LogP contribution in [0, 0.1) is 0 Å². The minimum absolute atomic E-state index is 0.990. The maximum Gasteiger partial charge on any atom is 0.0709 e. The van der Waals surface area contributed by atoms with Gasteiger partial charge in [-0.1, -0.05) is 103 Å². The van der Waals surface area contributed by atoms with Crippen molar-refractivity contribution < 1.29 is 0 Å². The van der Waals surface area contributed by atoms with Crippen molar-refractivity contribution in [3.8, 4) is 11.3 Å². The van der Waals surface area contributed by atoms with E-state index in [0.717, 1.165) is 28.3 Å². The lowest BCUT2D eigenvalue weighted by Gasteiger charge is -2.26. The van der Waals surface area contributed by atoms with Crippen molar-refractivity contribution in [1.82, 2.24) is 4.98 Å². The van der Waals surface area contributed by atoms with Gasteiger partial charge in [0.05, 0.1) is 10.4 Å². The highest BCUT2D eigenvalue weighted by molar-refractivity contribution is 7.25. The molecule has 0 N–H and O–H groups in total. The number of benzene rings is 7. The van der Waals surface area contributed by atoms with E-state index in [1.165, 1.54) is 52.5 Å². The summed E-state index contributed by atoms with van der Waals surface area (Å²) in [6, 6.07) is 54.7. The van der Waals surface area contributed by atoms with E-state index in [1.54, 1.807) is 11.3 Å². The largest absolute Gasteiger partial charge is 0.310 e. The summed E-state index contributed by atoms with van der Waals surface area (Å²) in [5, 5.41) is 10.2. The van der Waals surface area contributed by atoms with Crippen molar-refractivity contribution in [1.29, 1.82) is 0 Å². The van der Waals surface area contributed by atoms with Crippen molar-refractivity contribution in [2.24, 2.45) is 0 Å². The Kier molecular flexibility index (Phi) is 5.71. The molecule has 3 heteroatoms. The maximum atomic E-state index is 4.84. The van der Waals surface area contributed by atoms with Crippen LogP contribution >= 0.6 is 11.3 Å². The molecular weight excluding hydrogens is 553 g/mol. The molecule has 9 rings (SSSR count). The number of hydrogen-bond acceptors (Lipinski definition) is 3. The third kappa shape index (κ3) is 4.05. The molecule has 0 amide bonds. The lowest BCUT2D eigenvalue weighted by molar-refractivity contribution is 1.28. The molecule has 0 aliphatic heterocycles. The second kappa shape index (κ2) is 10.0. The number of para-hydroxylation sites is 1. The van der Waals surface area contributed by atoms with E-state index >= 15 is 0 Å². The Morgan fingerprint density at radius 2 is 1.05 bits per heavy atom. The molecule has 0 aliphatic carbocycles. The monoisotopic (exact) mass is 578 g/mol. The van der Waals surface area contributed by atoms with Gasteiger partial charge in [0.25, 0.3) is 0 Å². The molecule has 0 aliphatic rings. The predicted molar refractivity (Wildman–Crippen MR) is 190 cm³/mol. The Morgan fingerprint density at radius 3 is 1.89 bits per heavy atom. The van der Waals surface area contributed by atoms with Gasteiger partial charge >= 0.3 is 0 Å². The van der Waals surface area contributed by atoms with Crippen molar-refractivity contribution >= 4 is 80.9 Å². The van der Waals surface area contributed by atoms with Gasteiger partial charge < -0.3 is 4.90 Å². The lowest BCUT2D eigenvalue weighted by Crippen LogP contribution is -2.09. The molecule has 0 unspecified atom stereocenters. The first-order valence-electron chi connectivity index (χ1n) is 14.9. The molecule has 2 aromatic heterocycles. The average Bonchev–Trinajstić information content (AvgIpc) is 3.47. The molecule has 2 nitrogen and oxygen atoms in total. The van der Waals surface area contributed by atoms with Crippen LogP contribution in [0.15, 0.2) is 158 Å². The zero-order chi connectivity index (χ0) is 29.0. The molecule has 44 heavy (non-hydrogen) atoms. The number of pyridine rings is 1. The highest BCUT2D eigenvalue weighted by Crippen LogP contribution is 2.40. The normalized spacial score (nSPS) is 11.6. The number of thiophene rings is 1. The maximum absolute atomic E-state index is 4.84. The Hall–Kier alpha value is -5.51. The Morgan fingerprint density at radius 1 is 0.409 bits per heavy atom. The van der Waals surface area contributed by atoms with Gasteiger partial charge in [-0.15, -0.1) is 11.3 Å². The van der Waals surface area contributed by atoms with Gasteiger partial charge in [0.1, 0.15) is 0 Å². The molecule has 7 aromatic carbocycles. The van der Waals surface area contributed by atoms with E-state index in [0.29, 0.717) is 0 Å². The zero-order valence-electron chi connectivity index (χ0n) is 23.8. The highest BCUT2D eigenvalue weighted by atomic mass is 32.1. The summed E-state index contributed by atoms with van der Waals surface area (Å²) < 4.78 is 2.52. The molecule has 0 radical (unpaired) electrons. The van der Waals surface area contributed by atoms with E-state index in [9.17, 15) is 0 Å². The van der Waals surface area contributed by atoms with Crippen molar-refractivity contribution in [3.63, 3.8) is 0 Å². The fourth-order valence-electron chi connectivity index (χ4n) is 6.55. The van der Waals surface area contributed by atoms with Crippen LogP contribution in [0.4, 0.5) is 17.1 Å². The summed E-state index contributed by atoms with van der Waals surface area (Å²) in [5.41, 5.74) is 5.45. The molecule has 0 saturated carbocycles. The van der Waals surface area contributed by atoms with Crippen LogP contribution in [0.1, 0.15) is 0 Å². The fourth-order valence-corrected chi connectivity index (χ4v) is 7.61. The summed E-state index contributed by atoms with van der Waals surface area (Å²) in [6.45, 7) is 0. The number of anilines is 3. The van der Waals surface area contributed by atoms with Crippen molar-refractivity contribution in [2.75, 3.05) is 4.90 Å². The molecular formula is C41H26N2S. The van der Waals surface area contributed by atoms with Gasteiger partial charge in [-0.3, -0.25) is 4.98 Å². The number of fused-ring (bicyclic) bond motifs is 8. The van der Waals surface area contributed by atoms with Gasteiger partial charge in [-0.25, -0.2) is 0 Å². The number of aromatic nitrogens is 1. The van der Waals surface area contributed by atoms with E-state index in [-0.39, 0.29) is 0 Å². The van der Waals surface area contributed by atoms with Gasteiger partial charge in [0.15, 0.2) is 0 Å². The van der Waals surface area contributed by atoms with E-state index < -0.39 is 0 Å². The predicted octanol–water partition coefficient (Wildman–Crippen LogP) is 12.0. The van der Waals surface area contributed by atoms with E-state index in [4.69, 9.17) is 4.98 Å². The molecule has 206 valence electrons. The fraction of sp³-hybridized carbons (Fsp3) is 0. The lowest BCUT2D eigenvalue weighted by atomic mass is 9.96. The summed E-state index contributed by atoms with van der Waals surface area (Å²) in [6.07, 6.45) is 2.01. The SMILES string of the molecule is c1ccc(N(c2ccc(-c3cc4c(cn3)sc3ccccc34)cc2)c2ccc3c(ccc4c5ccccc5ccc34)c2)cc1. The summed E-state index contributed by atoms with van der Waals surface area (Å²) in [5.74, 6) is 0. The van der Waals surface area contributed by atoms with E-state index in [1.807, 2.05) is 6.20 Å². The van der Waals surface area contributed by atoms with Crippen LogP contribution in [0.25, 0.3) is 63.7 Å². The Balaban J connectivity index is 1.14. The molecule has 0 fully saturated rings. The smallest absolute Gasteiger partial charge is 0.0709 e. The second-order valence-electron chi connectivity index (χ2n) is 11.2. The van der Waals surface area contributed by atoms with E-state index in [2.05, 4.69) is 157 Å². The molecule has 2 heterocycles. The summed E-state index contributed by atoms with van der Waals surface area (Å²) >= 11 is 1.80. The standard InChI is InChI=1S/C41H26N2S/c1-2-9-30(10-3-1)43(32-20-23-34-29(24-32)17-22-35-33-11-5-4-8-27(33)16-21-36(34)35)31-18-14-28(15-19-31)39-25-38-37-12-6-7-13-40(37)44-41(38)26-42-39/h1-26H. The third-order valence-corrected chi connectivity index (χ3v) is 9.81. The second-order valence-corrected chi connectivity index (χ2v) is 12.3. The minimum atomic E-state index is 0.990. The van der Waals surface area contributed by atoms with Gasteiger partial charge in [-0.2, -0.15) is 0 Å². The van der Waals surface area contributed by atoms with Crippen LogP contribution in [0.5, 0.6) is 0 Å². The summed E-state index contributed by atoms with van der Waals surface area (Å²) in [7, 11) is 0. The average molecular weight is 579 g/mol. The third-order valence-electron chi connectivity index (χ3n) is 8.68. The molecule has 0 atom stereocenters. The van der Waals surface area contributed by atoms with Crippen LogP contribution in [-0.2, 0) is 0 Å². The minimum Gasteiger partial charge on any atom is -0.310 e. The quantitative estimate of drug-likeness (QED) is 0.193. The molecule has 9 aromatic rings. The van der Waals surface area contributed by atoms with Crippen LogP contribution in [0.3, 0.4) is 0 Å². The molecule has 0 bridgehead atoms. The first kappa shape index (κ1) is 25.0. The molecule has 0 spiro atoms. The zero-order valence-corrected chi connectivity index (χ0v) is 24.6. The van der Waals surface area contributed by atoms with Crippen molar-refractivity contribution in [3.05, 3.63) is 158 Å². The summed E-state index contributed by atoms with van der Waals surface area (Å²) in [4.78, 5) is 7.17. The van der Waals surface area contributed by atoms with Gasteiger partial charge in [-0.05, 0) is 80.8 Å². The van der Waals surface area contributed by atoms with Crippen LogP contribution < -0.4 is 4.90 Å². The van der Waals surface area contributed by atoms with Crippen LogP contribution in [0.2, 0.25) is 0 Å². The van der Waals surface area contributed by atoms with Crippen molar-refractivity contribution in [2.45, 2.75) is 0 Å². The Bertz CT molecular complexity index is 2490. The topological polar surface area (TPSA) is 16.1 Å². The highest BCUT2D eigenvalue weighted by Gasteiger charge is 2.15. The molecule has 0 saturated heterocycles. The first-order chi connectivity index (χ1) is 21.8. The number of hydrogen-bond donors (Lipinski definition) is 0. The first-order valence-corrected chi connectivity index (χ1v) is 15.7. The Labute approximate surface area is 259 Å². The number of rotatable bonds is 4. The van der Waals surface area contributed by atoms with Gasteiger partial charge in [0, 0.05) is 44.3 Å². The van der Waals surface area contributed by atoms with Crippen LogP contribution in [-0.4, -0.2) is 4.98 Å². The number of nitrogens with zero attached hydrogens (tertiary/aromatic N) is 2.